The highest BCUT2D eigenvalue weighted by Gasteiger charge is 2.57. The number of ether oxygens (including phenoxy) is 2. The van der Waals surface area contributed by atoms with E-state index in [2.05, 4.69) is 97.6 Å². The zero-order valence-electron chi connectivity index (χ0n) is 29.8. The maximum Gasteiger partial charge on any atom is 0.169 e. The van der Waals surface area contributed by atoms with Crippen molar-refractivity contribution in [3.8, 4) is 0 Å². The molecule has 1 heterocycles. The van der Waals surface area contributed by atoms with Crippen LogP contribution in [-0.4, -0.2) is 35.8 Å². The molecule has 4 fully saturated rings. The van der Waals surface area contributed by atoms with Crippen LogP contribution in [0.5, 0.6) is 0 Å². The summed E-state index contributed by atoms with van der Waals surface area (Å²) in [6, 6.07) is 9.31. The Morgan fingerprint density at radius 2 is 1.71 bits per heavy atom. The maximum atomic E-state index is 11.1. The van der Waals surface area contributed by atoms with Gasteiger partial charge in [-0.3, -0.25) is 0 Å². The minimum atomic E-state index is -0.369. The molecular weight excluding hydrogens is 554 g/mol. The van der Waals surface area contributed by atoms with E-state index in [1.165, 1.54) is 36.1 Å². The molecule has 0 aromatic heterocycles. The minimum absolute atomic E-state index is 0.0308. The van der Waals surface area contributed by atoms with E-state index in [1.807, 2.05) is 6.08 Å². The molecule has 6 rings (SSSR count). The van der Waals surface area contributed by atoms with Crippen LogP contribution in [-0.2, 0) is 15.9 Å². The molecule has 3 saturated carbocycles. The van der Waals surface area contributed by atoms with Crippen LogP contribution in [0.25, 0.3) is 0 Å². The molecule has 1 aliphatic heterocycles. The summed E-state index contributed by atoms with van der Waals surface area (Å²) < 4.78 is 12.9. The Hall–Kier alpha value is -1.88. The van der Waals surface area contributed by atoms with Gasteiger partial charge in [-0.25, -0.2) is 0 Å². The lowest BCUT2D eigenvalue weighted by molar-refractivity contribution is -0.312. The Labute approximate surface area is 275 Å². The van der Waals surface area contributed by atoms with Crippen LogP contribution in [0.1, 0.15) is 130 Å². The van der Waals surface area contributed by atoms with E-state index in [4.69, 9.17) is 9.47 Å². The first-order chi connectivity index (χ1) is 21.2. The fourth-order valence-electron chi connectivity index (χ4n) is 9.50. The van der Waals surface area contributed by atoms with Crippen molar-refractivity contribution in [3.05, 3.63) is 71.0 Å². The van der Waals surface area contributed by atoms with E-state index < -0.39 is 0 Å². The molecule has 4 aliphatic carbocycles. The van der Waals surface area contributed by atoms with Crippen molar-refractivity contribution >= 4 is 0 Å². The van der Waals surface area contributed by atoms with Gasteiger partial charge in [-0.05, 0) is 113 Å². The number of rotatable bonds is 5. The highest BCUT2D eigenvalue weighted by atomic mass is 16.7. The van der Waals surface area contributed by atoms with Crippen molar-refractivity contribution in [2.45, 2.75) is 143 Å². The monoisotopic (exact) mass is 617 g/mol. The zero-order valence-corrected chi connectivity index (χ0v) is 29.8. The lowest BCUT2D eigenvalue weighted by atomic mass is 9.52. The molecule has 1 aromatic rings. The Kier molecular flexibility index (Phi) is 10.2. The number of hydrogen-bond acceptors (Lipinski definition) is 4. The zero-order chi connectivity index (χ0) is 32.6. The predicted molar refractivity (Wildman–Crippen MR) is 187 cm³/mol. The first-order valence-corrected chi connectivity index (χ1v) is 18.0. The van der Waals surface area contributed by atoms with E-state index in [0.29, 0.717) is 23.7 Å². The summed E-state index contributed by atoms with van der Waals surface area (Å²) in [6.45, 7) is 23.1. The highest BCUT2D eigenvalue weighted by Crippen LogP contribution is 2.65. The van der Waals surface area contributed by atoms with Gasteiger partial charge in [-0.2, -0.15) is 0 Å². The molecule has 5 aliphatic rings. The molecule has 4 heteroatoms. The number of hydrogen-bond donors (Lipinski definition) is 2. The van der Waals surface area contributed by atoms with Gasteiger partial charge in [0.2, 0.25) is 0 Å². The molecule has 45 heavy (non-hydrogen) atoms. The van der Waals surface area contributed by atoms with Crippen LogP contribution >= 0.6 is 0 Å². The molecule has 1 aromatic carbocycles. The first-order valence-electron chi connectivity index (χ1n) is 18.0. The second-order valence-corrected chi connectivity index (χ2v) is 17.1. The smallest absolute Gasteiger partial charge is 0.169 e. The third-order valence-electron chi connectivity index (χ3n) is 11.6. The number of aliphatic hydroxyl groups excluding tert-OH is 1. The fraction of sp³-hybridized carbons (Fsp3) is 0.707. The van der Waals surface area contributed by atoms with E-state index >= 15 is 0 Å². The van der Waals surface area contributed by atoms with Gasteiger partial charge in [-0.1, -0.05) is 75.3 Å². The quantitative estimate of drug-likeness (QED) is 0.323. The van der Waals surface area contributed by atoms with Gasteiger partial charge in [0, 0.05) is 35.4 Å². The summed E-state index contributed by atoms with van der Waals surface area (Å²) in [5.41, 5.74) is 7.87. The van der Waals surface area contributed by atoms with Crippen LogP contribution in [0.3, 0.4) is 0 Å². The minimum Gasteiger partial charge on any atom is -0.393 e. The van der Waals surface area contributed by atoms with Crippen LogP contribution in [0, 0.1) is 28.6 Å². The van der Waals surface area contributed by atoms with Crippen LogP contribution in [0.4, 0.5) is 0 Å². The maximum absolute atomic E-state index is 11.1. The van der Waals surface area contributed by atoms with Gasteiger partial charge in [0.05, 0.1) is 19.3 Å². The molecule has 4 nitrogen and oxygen atoms in total. The van der Waals surface area contributed by atoms with Gasteiger partial charge < -0.3 is 19.9 Å². The van der Waals surface area contributed by atoms with Crippen molar-refractivity contribution in [1.82, 2.24) is 5.32 Å². The average Bonchev–Trinajstić information content (AvgIpc) is 3.28. The third kappa shape index (κ3) is 7.49. The van der Waals surface area contributed by atoms with Crippen molar-refractivity contribution in [1.29, 1.82) is 0 Å². The summed E-state index contributed by atoms with van der Waals surface area (Å²) in [7, 11) is 0. The van der Waals surface area contributed by atoms with Crippen LogP contribution < -0.4 is 5.32 Å². The van der Waals surface area contributed by atoms with E-state index in [0.717, 1.165) is 58.2 Å². The number of nitrogens with one attached hydrogen (secondary N) is 1. The Bertz CT molecular complexity index is 1240. The molecule has 6 unspecified atom stereocenters. The summed E-state index contributed by atoms with van der Waals surface area (Å²) in [4.78, 5) is 0. The van der Waals surface area contributed by atoms with Gasteiger partial charge >= 0.3 is 0 Å². The molecule has 6 atom stereocenters. The van der Waals surface area contributed by atoms with Gasteiger partial charge in [0.25, 0.3) is 0 Å². The number of benzene rings is 1. The lowest BCUT2D eigenvalue weighted by Crippen LogP contribution is -2.52. The van der Waals surface area contributed by atoms with Crippen LogP contribution in [0.2, 0.25) is 0 Å². The van der Waals surface area contributed by atoms with Gasteiger partial charge in [0.1, 0.15) is 0 Å². The molecule has 250 valence electrons. The highest BCUT2D eigenvalue weighted by molar-refractivity contribution is 5.41. The molecule has 0 radical (unpaired) electrons. The number of fused-ring (bicyclic) bond motifs is 4. The Morgan fingerprint density at radius 3 is 2.33 bits per heavy atom. The van der Waals surface area contributed by atoms with Crippen LogP contribution in [0.15, 0.2) is 59.8 Å². The standard InChI is InChI=1S/C32H44O3.C9H19N/c1-5-6-21-7-9-22(10-8-21)26-18-31(4)27(13-14-28(31)33)25-12-11-23-17-32(16-15-24(23)29(25)26)34-19-30(2,3)20-35-32;1-6-7-8(2)10-9(3,4)5/h5,7-10,23,25-28,33H,1,6,11-20H2,2-4H3;7,10H,6H2,1-5H3/b;8-7-. The molecule has 1 spiro atoms. The van der Waals surface area contributed by atoms with Gasteiger partial charge in [-0.15, -0.1) is 6.58 Å². The predicted octanol–water partition coefficient (Wildman–Crippen LogP) is 9.64. The molecule has 0 bridgehead atoms. The van der Waals surface area contributed by atoms with Crippen molar-refractivity contribution in [2.24, 2.45) is 28.6 Å². The molecule has 0 amide bonds. The molecular formula is C41H63NO3. The number of aliphatic hydroxyl groups is 1. The van der Waals surface area contributed by atoms with Gasteiger partial charge in [0.15, 0.2) is 5.79 Å². The summed E-state index contributed by atoms with van der Waals surface area (Å²) >= 11 is 0. The first kappa shape index (κ1) is 34.5. The summed E-state index contributed by atoms with van der Waals surface area (Å²) in [5.74, 6) is 1.87. The lowest BCUT2D eigenvalue weighted by Gasteiger charge is -2.55. The fourth-order valence-corrected chi connectivity index (χ4v) is 9.50. The normalized spacial score (nSPS) is 33.8. The van der Waals surface area contributed by atoms with Crippen molar-refractivity contribution in [3.63, 3.8) is 0 Å². The Balaban J connectivity index is 0.000000348. The second kappa shape index (κ2) is 13.3. The topological polar surface area (TPSA) is 50.7 Å². The van der Waals surface area contributed by atoms with Crippen molar-refractivity contribution < 1.29 is 14.6 Å². The SMILES string of the molecule is C=CCc1ccc(C2CC3(C)C(O)CCC3C3CCC4CC5(CCC4=C23)OCC(C)(C)CO5)cc1.CC/C=C(/C)NC(C)(C)C. The summed E-state index contributed by atoms with van der Waals surface area (Å²) in [5, 5.41) is 14.5. The van der Waals surface area contributed by atoms with E-state index in [1.54, 1.807) is 11.1 Å². The molecule has 1 saturated heterocycles. The van der Waals surface area contributed by atoms with E-state index in [-0.39, 0.29) is 28.3 Å². The molecule has 2 N–H and O–H groups in total. The van der Waals surface area contributed by atoms with Crippen molar-refractivity contribution in [2.75, 3.05) is 13.2 Å². The Morgan fingerprint density at radius 1 is 1.02 bits per heavy atom. The number of allylic oxidation sites excluding steroid dienone is 5. The average molecular weight is 618 g/mol. The summed E-state index contributed by atoms with van der Waals surface area (Å²) in [6.07, 6.45) is 14.9. The largest absolute Gasteiger partial charge is 0.393 e. The third-order valence-corrected chi connectivity index (χ3v) is 11.6. The van der Waals surface area contributed by atoms with E-state index in [9.17, 15) is 5.11 Å². The second-order valence-electron chi connectivity index (χ2n) is 17.1.